The Kier molecular flexibility index (Phi) is 4.97. The monoisotopic (exact) mass is 447 g/mol. The lowest BCUT2D eigenvalue weighted by Crippen LogP contribution is -2.58. The van der Waals surface area contributed by atoms with Crippen molar-refractivity contribution in [1.29, 1.82) is 0 Å². The van der Waals surface area contributed by atoms with Gasteiger partial charge in [0.1, 0.15) is 22.3 Å². The number of hydrogen-bond acceptors (Lipinski definition) is 7. The summed E-state index contributed by atoms with van der Waals surface area (Å²) in [6.07, 6.45) is 0.825. The van der Waals surface area contributed by atoms with Crippen LogP contribution in [0.25, 0.3) is 0 Å². The van der Waals surface area contributed by atoms with E-state index in [0.717, 1.165) is 15.9 Å². The number of aliphatic imine (C=N–C) groups is 1. The summed E-state index contributed by atoms with van der Waals surface area (Å²) < 4.78 is 47.6. The molecule has 0 aliphatic carbocycles. The zero-order chi connectivity index (χ0) is 22.6. The highest BCUT2D eigenvalue weighted by Gasteiger charge is 2.61. The van der Waals surface area contributed by atoms with Gasteiger partial charge in [0.15, 0.2) is 0 Å². The van der Waals surface area contributed by atoms with E-state index in [1.807, 2.05) is 6.92 Å². The number of aryl methyl sites for hydroxylation is 1. The normalized spacial score (nSPS) is 26.8. The first-order chi connectivity index (χ1) is 14.6. The molecular weight excluding hydrogens is 425 g/mol. The molecule has 164 valence electrons. The zero-order valence-electron chi connectivity index (χ0n) is 17.2. The number of halogens is 1. The van der Waals surface area contributed by atoms with Crippen molar-refractivity contribution < 1.29 is 22.3 Å². The topological polar surface area (TPSA) is 127 Å². The molecule has 1 aromatic heterocycles. The van der Waals surface area contributed by atoms with Crippen LogP contribution in [-0.4, -0.2) is 54.6 Å². The maximum Gasteiger partial charge on any atom is 0.274 e. The Morgan fingerprint density at radius 3 is 2.77 bits per heavy atom. The number of aromatic nitrogens is 1. The maximum absolute atomic E-state index is 15.0. The number of nitrogens with two attached hydrogens (primary N) is 1. The maximum atomic E-state index is 15.0. The molecule has 0 spiro atoms. The lowest BCUT2D eigenvalue weighted by molar-refractivity contribution is 0.102. The van der Waals surface area contributed by atoms with Crippen LogP contribution in [0.2, 0.25) is 0 Å². The number of nitrogens with one attached hydrogen (secondary N) is 1. The molecule has 1 fully saturated rings. The van der Waals surface area contributed by atoms with E-state index in [1.165, 1.54) is 19.2 Å². The van der Waals surface area contributed by atoms with E-state index in [-0.39, 0.29) is 29.5 Å². The summed E-state index contributed by atoms with van der Waals surface area (Å²) in [7, 11) is -2.66. The van der Waals surface area contributed by atoms with Gasteiger partial charge in [-0.2, -0.15) is 0 Å². The van der Waals surface area contributed by atoms with Crippen LogP contribution in [0.1, 0.15) is 28.5 Å². The van der Waals surface area contributed by atoms with Gasteiger partial charge in [0.25, 0.3) is 5.91 Å². The average Bonchev–Trinajstić information content (AvgIpc) is 3.06. The predicted octanol–water partition coefficient (Wildman–Crippen LogP) is 1.35. The lowest BCUT2D eigenvalue weighted by Gasteiger charge is -2.39. The van der Waals surface area contributed by atoms with Gasteiger partial charge < -0.3 is 15.8 Å². The van der Waals surface area contributed by atoms with E-state index in [1.54, 1.807) is 25.3 Å². The van der Waals surface area contributed by atoms with Gasteiger partial charge in [0, 0.05) is 24.5 Å². The van der Waals surface area contributed by atoms with Crippen LogP contribution < -0.4 is 11.1 Å². The third kappa shape index (κ3) is 3.33. The quantitative estimate of drug-likeness (QED) is 0.731. The van der Waals surface area contributed by atoms with Gasteiger partial charge in [-0.05, 0) is 43.7 Å². The highest BCUT2D eigenvalue weighted by molar-refractivity contribution is 7.90. The van der Waals surface area contributed by atoms with Crippen LogP contribution in [0.5, 0.6) is 0 Å². The first-order valence-electron chi connectivity index (χ1n) is 9.55. The molecule has 3 N–H and O–H groups in total. The van der Waals surface area contributed by atoms with Crippen molar-refractivity contribution in [3.05, 3.63) is 59.2 Å². The Labute approximate surface area is 179 Å². The van der Waals surface area contributed by atoms with Gasteiger partial charge in [-0.15, -0.1) is 0 Å². The smallest absolute Gasteiger partial charge is 0.274 e. The van der Waals surface area contributed by atoms with E-state index in [2.05, 4.69) is 15.3 Å². The minimum atomic E-state index is -3.96. The number of carbonyl (C=O) groups is 1. The fraction of sp³-hybridized carbons (Fsp3) is 0.350. The third-order valence-corrected chi connectivity index (χ3v) is 8.00. The average molecular weight is 447 g/mol. The number of carbonyl (C=O) groups excluding carboxylic acids is 1. The second-order valence-corrected chi connectivity index (χ2v) is 9.80. The third-order valence-electron chi connectivity index (χ3n) is 5.64. The number of benzene rings is 1. The number of guanidine groups is 1. The number of ether oxygens (including phenoxy) is 1. The molecule has 9 nitrogen and oxygen atoms in total. The van der Waals surface area contributed by atoms with Gasteiger partial charge in [0.2, 0.25) is 16.0 Å². The minimum Gasteiger partial charge on any atom is -0.374 e. The van der Waals surface area contributed by atoms with Gasteiger partial charge in [-0.3, -0.25) is 9.78 Å². The Bertz CT molecular complexity index is 1180. The number of anilines is 1. The molecule has 1 amide bonds. The van der Waals surface area contributed by atoms with E-state index < -0.39 is 38.6 Å². The Balaban J connectivity index is 1.77. The number of hydrogen-bond donors (Lipinski definition) is 2. The molecule has 2 aromatic rings. The molecule has 3 heterocycles. The summed E-state index contributed by atoms with van der Waals surface area (Å²) in [5, 5.41) is 1.49. The van der Waals surface area contributed by atoms with Crippen LogP contribution in [0.4, 0.5) is 10.1 Å². The van der Waals surface area contributed by atoms with Crippen LogP contribution in [0.3, 0.4) is 0 Å². The van der Waals surface area contributed by atoms with Crippen molar-refractivity contribution in [1.82, 2.24) is 9.29 Å². The highest BCUT2D eigenvalue weighted by atomic mass is 32.2. The Hall–Kier alpha value is -3.05. The number of fused-ring (bicyclic) bond motifs is 1. The van der Waals surface area contributed by atoms with E-state index >= 15 is 0 Å². The Morgan fingerprint density at radius 1 is 1.35 bits per heavy atom. The van der Waals surface area contributed by atoms with Crippen LogP contribution in [0, 0.1) is 12.7 Å². The molecule has 0 radical (unpaired) electrons. The van der Waals surface area contributed by atoms with Crippen molar-refractivity contribution in [2.75, 3.05) is 19.0 Å². The number of pyridine rings is 1. The van der Waals surface area contributed by atoms with E-state index in [0.29, 0.717) is 0 Å². The van der Waals surface area contributed by atoms with Crippen molar-refractivity contribution in [3.8, 4) is 0 Å². The molecule has 2 aliphatic heterocycles. The van der Waals surface area contributed by atoms with E-state index in [4.69, 9.17) is 10.5 Å². The number of nitrogens with zero attached hydrogens (tertiary/aromatic N) is 3. The van der Waals surface area contributed by atoms with Crippen molar-refractivity contribution in [2.45, 2.75) is 30.7 Å². The van der Waals surface area contributed by atoms with Crippen LogP contribution >= 0.6 is 0 Å². The summed E-state index contributed by atoms with van der Waals surface area (Å²) in [5.74, 6) is -1.42. The summed E-state index contributed by atoms with van der Waals surface area (Å²) in [6.45, 7) is 3.28. The van der Waals surface area contributed by atoms with Crippen molar-refractivity contribution >= 4 is 27.6 Å². The van der Waals surface area contributed by atoms with Gasteiger partial charge >= 0.3 is 0 Å². The first kappa shape index (κ1) is 21.2. The van der Waals surface area contributed by atoms with E-state index in [9.17, 15) is 17.6 Å². The van der Waals surface area contributed by atoms with Crippen molar-refractivity contribution in [3.63, 3.8) is 0 Å². The summed E-state index contributed by atoms with van der Waals surface area (Å²) in [5.41, 5.74) is 5.65. The molecule has 31 heavy (non-hydrogen) atoms. The second-order valence-electron chi connectivity index (χ2n) is 7.71. The van der Waals surface area contributed by atoms with Crippen molar-refractivity contribution in [2.24, 2.45) is 10.7 Å². The summed E-state index contributed by atoms with van der Waals surface area (Å²) in [4.78, 5) is 21.0. The molecule has 4 rings (SSSR count). The molecule has 3 atom stereocenters. The fourth-order valence-electron chi connectivity index (χ4n) is 4.00. The van der Waals surface area contributed by atoms with Crippen LogP contribution in [-0.2, 0) is 20.3 Å². The van der Waals surface area contributed by atoms with Gasteiger partial charge in [-0.1, -0.05) is 6.07 Å². The number of rotatable bonds is 3. The first-order valence-corrected chi connectivity index (χ1v) is 11.1. The summed E-state index contributed by atoms with van der Waals surface area (Å²) in [6, 6.07) is 7.23. The zero-order valence-corrected chi connectivity index (χ0v) is 18.0. The molecule has 2 aliphatic rings. The summed E-state index contributed by atoms with van der Waals surface area (Å²) >= 11 is 0. The van der Waals surface area contributed by atoms with Gasteiger partial charge in [-0.25, -0.2) is 22.1 Å². The standard InChI is InChI=1S/C20H22FN5O4S/c1-11-4-7-16(23-9-11)18(27)24-13-5-6-15(21)14(8-13)20-10-30-12(2)17(20)31(28,29)26(3)19(22)25-20/h4-9,12,17H,10H2,1-3H3,(H2,22,25)(H,24,27)/t12-,17-,20-/m1/s1. The van der Waals surface area contributed by atoms with Crippen LogP contribution in [0.15, 0.2) is 41.5 Å². The predicted molar refractivity (Wildman–Crippen MR) is 113 cm³/mol. The molecule has 1 aromatic carbocycles. The highest BCUT2D eigenvalue weighted by Crippen LogP contribution is 2.46. The van der Waals surface area contributed by atoms with Gasteiger partial charge in [0.05, 0.1) is 12.7 Å². The molecule has 0 unspecified atom stereocenters. The number of sulfonamides is 1. The number of amides is 1. The molecule has 11 heteroatoms. The fourth-order valence-corrected chi connectivity index (χ4v) is 5.95. The second kappa shape index (κ2) is 7.27. The molecular formula is C20H22FN5O4S. The Morgan fingerprint density at radius 2 is 2.10 bits per heavy atom. The largest absolute Gasteiger partial charge is 0.374 e. The minimum absolute atomic E-state index is 0.0175. The molecule has 0 saturated carbocycles. The SMILES string of the molecule is Cc1ccc(C(=O)Nc2ccc(F)c([C@]34CO[C@H](C)[C@H]3S(=O)(=O)N(C)C(N)=N4)c2)nc1. The molecule has 1 saturated heterocycles. The molecule has 0 bridgehead atoms. The lowest BCUT2D eigenvalue weighted by atomic mass is 9.86.